The first-order chi connectivity index (χ1) is 13.0. The van der Waals surface area contributed by atoms with Crippen LogP contribution in [0.4, 0.5) is 10.7 Å². The van der Waals surface area contributed by atoms with Crippen LogP contribution in [-0.4, -0.2) is 24.4 Å². The van der Waals surface area contributed by atoms with Gasteiger partial charge in [0.25, 0.3) is 5.91 Å². The summed E-state index contributed by atoms with van der Waals surface area (Å²) < 4.78 is 5.21. The number of hydrogen-bond acceptors (Lipinski definition) is 5. The molecule has 7 heteroatoms. The Kier molecular flexibility index (Phi) is 5.91. The van der Waals surface area contributed by atoms with E-state index in [0.29, 0.717) is 28.4 Å². The molecule has 1 heterocycles. The highest BCUT2D eigenvalue weighted by Gasteiger charge is 2.27. The van der Waals surface area contributed by atoms with Crippen molar-refractivity contribution in [2.24, 2.45) is 0 Å². The van der Waals surface area contributed by atoms with Crippen molar-refractivity contribution in [1.82, 2.24) is 0 Å². The van der Waals surface area contributed by atoms with Gasteiger partial charge in [-0.15, -0.1) is 11.3 Å². The number of rotatable bonds is 5. The van der Waals surface area contributed by atoms with Crippen LogP contribution in [0, 0.1) is 0 Å². The Morgan fingerprint density at radius 2 is 1.78 bits per heavy atom. The van der Waals surface area contributed by atoms with E-state index in [4.69, 9.17) is 4.74 Å². The zero-order valence-corrected chi connectivity index (χ0v) is 16.2. The number of fused-ring (bicyclic) bond motifs is 1. The van der Waals surface area contributed by atoms with Gasteiger partial charge in [0, 0.05) is 23.1 Å². The highest BCUT2D eigenvalue weighted by atomic mass is 32.1. The summed E-state index contributed by atoms with van der Waals surface area (Å²) in [6, 6.07) is 6.61. The molecule has 0 fully saturated rings. The number of amides is 2. The third-order valence-corrected chi connectivity index (χ3v) is 5.55. The highest BCUT2D eigenvalue weighted by molar-refractivity contribution is 7.17. The fourth-order valence-electron chi connectivity index (χ4n) is 3.16. The molecule has 2 amide bonds. The Bertz CT molecular complexity index is 871. The number of carbonyl (C=O) groups excluding carboxylic acids is 3. The molecule has 2 N–H and O–H groups in total. The van der Waals surface area contributed by atoms with Crippen LogP contribution in [0.25, 0.3) is 0 Å². The van der Waals surface area contributed by atoms with E-state index in [1.54, 1.807) is 31.2 Å². The number of ether oxygens (including phenoxy) is 1. The third-order valence-electron chi connectivity index (χ3n) is 4.35. The van der Waals surface area contributed by atoms with Crippen molar-refractivity contribution in [3.63, 3.8) is 0 Å². The van der Waals surface area contributed by atoms with Gasteiger partial charge >= 0.3 is 5.97 Å². The average Bonchev–Trinajstić information content (AvgIpc) is 2.99. The van der Waals surface area contributed by atoms with E-state index in [-0.39, 0.29) is 17.8 Å². The number of nitrogens with one attached hydrogen (secondary N) is 2. The monoisotopic (exact) mass is 386 g/mol. The van der Waals surface area contributed by atoms with Crippen LogP contribution >= 0.6 is 11.3 Å². The second kappa shape index (κ2) is 8.35. The molecule has 27 heavy (non-hydrogen) atoms. The lowest BCUT2D eigenvalue weighted by Gasteiger charge is -2.12. The van der Waals surface area contributed by atoms with Gasteiger partial charge in [-0.25, -0.2) is 4.79 Å². The third kappa shape index (κ3) is 4.36. The zero-order valence-electron chi connectivity index (χ0n) is 15.4. The Morgan fingerprint density at radius 1 is 1.07 bits per heavy atom. The van der Waals surface area contributed by atoms with E-state index >= 15 is 0 Å². The number of carbonyl (C=O) groups is 3. The van der Waals surface area contributed by atoms with Gasteiger partial charge in [0.05, 0.1) is 12.2 Å². The number of esters is 1. The van der Waals surface area contributed by atoms with E-state index in [2.05, 4.69) is 10.6 Å². The largest absolute Gasteiger partial charge is 0.462 e. The molecule has 0 radical (unpaired) electrons. The first-order valence-corrected chi connectivity index (χ1v) is 9.82. The quantitative estimate of drug-likeness (QED) is 0.760. The minimum atomic E-state index is -0.381. The molecule has 0 unspecified atom stereocenters. The molecule has 1 aliphatic rings. The summed E-state index contributed by atoms with van der Waals surface area (Å²) in [7, 11) is 0. The van der Waals surface area contributed by atoms with Gasteiger partial charge in [-0.05, 0) is 62.4 Å². The molecule has 0 saturated heterocycles. The van der Waals surface area contributed by atoms with Crippen molar-refractivity contribution >= 4 is 39.8 Å². The Morgan fingerprint density at radius 3 is 2.44 bits per heavy atom. The van der Waals surface area contributed by atoms with Crippen molar-refractivity contribution in [3.05, 3.63) is 45.8 Å². The molecular formula is C20H22N2O4S. The first-order valence-electron chi connectivity index (χ1n) is 9.00. The van der Waals surface area contributed by atoms with E-state index in [1.807, 2.05) is 0 Å². The fraction of sp³-hybridized carbons (Fsp3) is 0.350. The van der Waals surface area contributed by atoms with Crippen molar-refractivity contribution in [2.45, 2.75) is 39.5 Å². The summed E-state index contributed by atoms with van der Waals surface area (Å²) in [5.74, 6) is -0.850. The summed E-state index contributed by atoms with van der Waals surface area (Å²) in [4.78, 5) is 37.4. The molecule has 142 valence electrons. The van der Waals surface area contributed by atoms with E-state index in [0.717, 1.165) is 36.1 Å². The van der Waals surface area contributed by atoms with Crippen LogP contribution in [0.2, 0.25) is 0 Å². The van der Waals surface area contributed by atoms with Crippen LogP contribution < -0.4 is 10.6 Å². The topological polar surface area (TPSA) is 84.5 Å². The van der Waals surface area contributed by atoms with Gasteiger partial charge in [0.15, 0.2) is 0 Å². The molecule has 0 bridgehead atoms. The van der Waals surface area contributed by atoms with E-state index < -0.39 is 0 Å². The molecule has 3 rings (SSSR count). The van der Waals surface area contributed by atoms with Crippen LogP contribution in [0.3, 0.4) is 0 Å². The maximum Gasteiger partial charge on any atom is 0.341 e. The van der Waals surface area contributed by atoms with Gasteiger partial charge < -0.3 is 15.4 Å². The summed E-state index contributed by atoms with van der Waals surface area (Å²) >= 11 is 1.46. The standard InChI is InChI=1S/C20H22N2O4S/c1-3-26-20(25)17-15-6-4-5-7-16(15)27-19(17)22-18(24)13-8-10-14(11-9-13)21-12(2)23/h8-11H,3-7H2,1-2H3,(H,21,23)(H,22,24). The molecule has 0 saturated carbocycles. The number of thiophene rings is 1. The summed E-state index contributed by atoms with van der Waals surface area (Å²) in [5.41, 5.74) is 2.59. The lowest BCUT2D eigenvalue weighted by molar-refractivity contribution is -0.114. The minimum Gasteiger partial charge on any atom is -0.462 e. The maximum absolute atomic E-state index is 12.6. The molecule has 2 aromatic rings. The second-order valence-corrected chi connectivity index (χ2v) is 7.45. The average molecular weight is 386 g/mol. The van der Waals surface area contributed by atoms with Crippen LogP contribution in [0.15, 0.2) is 24.3 Å². The summed E-state index contributed by atoms with van der Waals surface area (Å²) in [6.07, 6.45) is 3.89. The van der Waals surface area contributed by atoms with Crippen molar-refractivity contribution in [1.29, 1.82) is 0 Å². The van der Waals surface area contributed by atoms with Crippen molar-refractivity contribution < 1.29 is 19.1 Å². The molecule has 1 aromatic carbocycles. The van der Waals surface area contributed by atoms with Gasteiger partial charge in [-0.3, -0.25) is 9.59 Å². The van der Waals surface area contributed by atoms with Gasteiger partial charge in [0.1, 0.15) is 5.00 Å². The second-order valence-electron chi connectivity index (χ2n) is 6.35. The minimum absolute atomic E-state index is 0.171. The van der Waals surface area contributed by atoms with Crippen LogP contribution in [0.5, 0.6) is 0 Å². The SMILES string of the molecule is CCOC(=O)c1c(NC(=O)c2ccc(NC(C)=O)cc2)sc2c1CCCC2. The predicted octanol–water partition coefficient (Wildman–Crippen LogP) is 4.01. The fourth-order valence-corrected chi connectivity index (χ4v) is 4.43. The lowest BCUT2D eigenvalue weighted by atomic mass is 9.95. The first kappa shape index (κ1) is 19.1. The zero-order chi connectivity index (χ0) is 19.4. The Labute approximate surface area is 161 Å². The summed E-state index contributed by atoms with van der Waals surface area (Å²) in [5, 5.41) is 6.09. The van der Waals surface area contributed by atoms with Crippen LogP contribution in [0.1, 0.15) is 57.8 Å². The molecule has 0 atom stereocenters. The number of hydrogen-bond donors (Lipinski definition) is 2. The maximum atomic E-state index is 12.6. The van der Waals surface area contributed by atoms with E-state index in [1.165, 1.54) is 18.3 Å². The predicted molar refractivity (Wildman–Crippen MR) is 106 cm³/mol. The van der Waals surface area contributed by atoms with Crippen molar-refractivity contribution in [2.75, 3.05) is 17.2 Å². The highest BCUT2D eigenvalue weighted by Crippen LogP contribution is 2.38. The van der Waals surface area contributed by atoms with Crippen molar-refractivity contribution in [3.8, 4) is 0 Å². The number of aryl methyl sites for hydroxylation is 1. The molecule has 1 aliphatic carbocycles. The van der Waals surface area contributed by atoms with Gasteiger partial charge in [-0.1, -0.05) is 0 Å². The van der Waals surface area contributed by atoms with Crippen LogP contribution in [-0.2, 0) is 22.4 Å². The smallest absolute Gasteiger partial charge is 0.341 e. The number of anilines is 2. The molecule has 6 nitrogen and oxygen atoms in total. The molecule has 0 aliphatic heterocycles. The molecule has 0 spiro atoms. The van der Waals surface area contributed by atoms with Gasteiger partial charge in [-0.2, -0.15) is 0 Å². The Balaban J connectivity index is 1.84. The number of benzene rings is 1. The lowest BCUT2D eigenvalue weighted by Crippen LogP contribution is -2.16. The normalized spacial score (nSPS) is 12.8. The molecule has 1 aromatic heterocycles. The molecular weight excluding hydrogens is 364 g/mol. The Hall–Kier alpha value is -2.67. The van der Waals surface area contributed by atoms with Gasteiger partial charge in [0.2, 0.25) is 5.91 Å². The van der Waals surface area contributed by atoms with E-state index in [9.17, 15) is 14.4 Å². The summed E-state index contributed by atoms with van der Waals surface area (Å²) in [6.45, 7) is 3.49.